The van der Waals surface area contributed by atoms with E-state index in [1.165, 1.54) is 31.3 Å². The molecule has 0 radical (unpaired) electrons. The minimum Gasteiger partial charge on any atom is -0.481 e. The molecule has 0 bridgehead atoms. The summed E-state index contributed by atoms with van der Waals surface area (Å²) in [4.78, 5) is 12.8. The topological polar surface area (TPSA) is 57.5 Å². The second kappa shape index (κ2) is 7.11. The molecule has 2 N–H and O–H groups in total. The van der Waals surface area contributed by atoms with Gasteiger partial charge >= 0.3 is 5.97 Å². The number of hydrogen-bond acceptors (Lipinski definition) is 2. The molecule has 3 nitrogen and oxygen atoms in total. The Morgan fingerprint density at radius 1 is 0.818 bits per heavy atom. The molecule has 5 aliphatic rings. The van der Waals surface area contributed by atoms with Crippen LogP contribution in [-0.4, -0.2) is 22.3 Å². The molecule has 5 aliphatic carbocycles. The van der Waals surface area contributed by atoms with Crippen LogP contribution in [0.4, 0.5) is 0 Å². The van der Waals surface area contributed by atoms with E-state index in [9.17, 15) is 15.0 Å². The van der Waals surface area contributed by atoms with Gasteiger partial charge in [-0.05, 0) is 122 Å². The number of allylic oxidation sites excluding steroid dienone is 1. The maximum atomic E-state index is 12.8. The summed E-state index contributed by atoms with van der Waals surface area (Å²) in [6.45, 7) is 18.8. The first-order valence-electron chi connectivity index (χ1n) is 13.8. The van der Waals surface area contributed by atoms with Crippen molar-refractivity contribution in [3.63, 3.8) is 0 Å². The Hall–Kier alpha value is -0.830. The van der Waals surface area contributed by atoms with Gasteiger partial charge in [0.2, 0.25) is 0 Å². The molecule has 0 amide bonds. The fourth-order valence-corrected chi connectivity index (χ4v) is 11.5. The summed E-state index contributed by atoms with van der Waals surface area (Å²) in [5.74, 6) is 1.79. The monoisotopic (exact) mass is 456 g/mol. The highest BCUT2D eigenvalue weighted by Crippen LogP contribution is 2.77. The predicted octanol–water partition coefficient (Wildman–Crippen LogP) is 7.09. The van der Waals surface area contributed by atoms with Gasteiger partial charge in [0.25, 0.3) is 0 Å². The van der Waals surface area contributed by atoms with Crippen LogP contribution >= 0.6 is 0 Å². The number of carbonyl (C=O) groups is 1. The Labute approximate surface area is 201 Å². The highest BCUT2D eigenvalue weighted by atomic mass is 16.4. The van der Waals surface area contributed by atoms with Crippen LogP contribution in [0.1, 0.15) is 106 Å². The molecule has 2 unspecified atom stereocenters. The van der Waals surface area contributed by atoms with E-state index in [0.29, 0.717) is 23.7 Å². The Bertz CT molecular complexity index is 861. The minimum absolute atomic E-state index is 0.0202. The third-order valence-corrected chi connectivity index (χ3v) is 13.5. The van der Waals surface area contributed by atoms with E-state index in [1.54, 1.807) is 0 Å². The van der Waals surface area contributed by atoms with E-state index in [-0.39, 0.29) is 33.7 Å². The zero-order chi connectivity index (χ0) is 24.2. The fraction of sp³-hybridized carbons (Fsp3) is 0.900. The average Bonchev–Trinajstić information content (AvgIpc) is 3.13. The second-order valence-corrected chi connectivity index (χ2v) is 14.5. The van der Waals surface area contributed by atoms with Crippen molar-refractivity contribution < 1.29 is 15.0 Å². The number of rotatable bonds is 2. The van der Waals surface area contributed by atoms with Crippen LogP contribution in [0.25, 0.3) is 0 Å². The van der Waals surface area contributed by atoms with Gasteiger partial charge in [0.1, 0.15) is 0 Å². The number of hydrogen-bond donors (Lipinski definition) is 2. The molecule has 0 aromatic heterocycles. The summed E-state index contributed by atoms with van der Waals surface area (Å²) in [7, 11) is 0. The number of carboxylic acids is 1. The van der Waals surface area contributed by atoms with Crippen molar-refractivity contribution in [2.75, 3.05) is 0 Å². The zero-order valence-electron chi connectivity index (χ0n) is 22.0. The number of aliphatic hydroxyl groups excluding tert-OH is 1. The normalized spacial score (nSPS) is 55.0. The molecule has 5 fully saturated rings. The number of carboxylic acid groups (broad SMARTS) is 1. The molecule has 0 saturated heterocycles. The molecule has 186 valence electrons. The van der Waals surface area contributed by atoms with Gasteiger partial charge in [0.15, 0.2) is 0 Å². The smallest absolute Gasteiger partial charge is 0.309 e. The largest absolute Gasteiger partial charge is 0.481 e. The molecule has 0 aromatic carbocycles. The van der Waals surface area contributed by atoms with Gasteiger partial charge in [-0.2, -0.15) is 0 Å². The van der Waals surface area contributed by atoms with E-state index in [2.05, 4.69) is 48.1 Å². The molecule has 0 heterocycles. The molecule has 0 aromatic rings. The van der Waals surface area contributed by atoms with Gasteiger partial charge in [-0.15, -0.1) is 0 Å². The molecule has 5 rings (SSSR count). The molecule has 0 aliphatic heterocycles. The highest BCUT2D eigenvalue weighted by Gasteiger charge is 2.71. The molecule has 0 spiro atoms. The lowest BCUT2D eigenvalue weighted by molar-refractivity contribution is -0.248. The van der Waals surface area contributed by atoms with Crippen molar-refractivity contribution in [1.82, 2.24) is 0 Å². The zero-order valence-corrected chi connectivity index (χ0v) is 22.0. The van der Waals surface area contributed by atoms with Crippen LogP contribution in [0.5, 0.6) is 0 Å². The molecular weight excluding hydrogens is 408 g/mol. The lowest BCUT2D eigenvalue weighted by Crippen LogP contribution is -2.67. The first-order chi connectivity index (χ1) is 15.3. The number of aliphatic carboxylic acids is 1. The standard InChI is InChI=1S/C30H48O3/c1-18(2)19-10-15-30(25(32)33)17-16-28(6)20(24(19)30)8-9-22-27(5)13-12-23(31)26(3,4)21(27)11-14-29(22,28)7/h19-24,31H,1,8-17H2,2-7H3,(H,32,33)/t19-,20+,21-,22+,23?,24+,27-,28+,29+,30?/m0/s1. The third-order valence-electron chi connectivity index (χ3n) is 13.5. The fourth-order valence-electron chi connectivity index (χ4n) is 11.5. The Kier molecular flexibility index (Phi) is 5.15. The maximum absolute atomic E-state index is 12.8. The van der Waals surface area contributed by atoms with Crippen LogP contribution in [0.2, 0.25) is 0 Å². The van der Waals surface area contributed by atoms with Crippen molar-refractivity contribution in [1.29, 1.82) is 0 Å². The van der Waals surface area contributed by atoms with Gasteiger partial charge in [-0.25, -0.2) is 0 Å². The number of aliphatic hydroxyl groups is 1. The van der Waals surface area contributed by atoms with Crippen molar-refractivity contribution >= 4 is 5.97 Å². The van der Waals surface area contributed by atoms with E-state index < -0.39 is 11.4 Å². The third kappa shape index (κ3) is 2.75. The molecule has 33 heavy (non-hydrogen) atoms. The van der Waals surface area contributed by atoms with E-state index in [0.717, 1.165) is 38.5 Å². The quantitative estimate of drug-likeness (QED) is 0.436. The van der Waals surface area contributed by atoms with Crippen molar-refractivity contribution in [3.8, 4) is 0 Å². The first kappa shape index (κ1) is 23.9. The summed E-state index contributed by atoms with van der Waals surface area (Å²) >= 11 is 0. The Morgan fingerprint density at radius 2 is 1.52 bits per heavy atom. The van der Waals surface area contributed by atoms with Crippen molar-refractivity contribution in [2.24, 2.45) is 56.7 Å². The lowest BCUT2D eigenvalue weighted by atomic mass is 9.32. The maximum Gasteiger partial charge on any atom is 0.309 e. The van der Waals surface area contributed by atoms with E-state index >= 15 is 0 Å². The SMILES string of the molecule is C=C(C)[C@@H]1CCC2(C(=O)O)CC[C@]3(C)[C@H](CC[C@@H]4[C@@]5(C)CCC(O)C(C)(C)[C@@H]5CC[C@]43C)[C@@H]12. The highest BCUT2D eigenvalue weighted by molar-refractivity contribution is 5.76. The minimum atomic E-state index is -0.538. The number of fused-ring (bicyclic) bond motifs is 7. The second-order valence-electron chi connectivity index (χ2n) is 14.5. The summed E-state index contributed by atoms with van der Waals surface area (Å²) in [5.41, 5.74) is 1.35. The van der Waals surface area contributed by atoms with Crippen LogP contribution in [0, 0.1) is 56.7 Å². The van der Waals surface area contributed by atoms with Crippen LogP contribution in [-0.2, 0) is 4.79 Å². The summed E-state index contributed by atoms with van der Waals surface area (Å²) in [5, 5.41) is 21.4. The lowest BCUT2D eigenvalue weighted by Gasteiger charge is -2.72. The van der Waals surface area contributed by atoms with Gasteiger partial charge < -0.3 is 10.2 Å². The van der Waals surface area contributed by atoms with E-state index in [4.69, 9.17) is 0 Å². The van der Waals surface area contributed by atoms with Crippen LogP contribution < -0.4 is 0 Å². The van der Waals surface area contributed by atoms with Gasteiger partial charge in [-0.3, -0.25) is 4.79 Å². The summed E-state index contributed by atoms with van der Waals surface area (Å²) in [6, 6.07) is 0. The Morgan fingerprint density at radius 3 is 2.15 bits per heavy atom. The van der Waals surface area contributed by atoms with Crippen molar-refractivity contribution in [3.05, 3.63) is 12.2 Å². The van der Waals surface area contributed by atoms with Crippen LogP contribution in [0.15, 0.2) is 12.2 Å². The van der Waals surface area contributed by atoms with Crippen molar-refractivity contribution in [2.45, 2.75) is 112 Å². The average molecular weight is 457 g/mol. The first-order valence-corrected chi connectivity index (χ1v) is 13.8. The molecule has 10 atom stereocenters. The van der Waals surface area contributed by atoms with Gasteiger partial charge in [-0.1, -0.05) is 46.8 Å². The Balaban J connectivity index is 1.57. The summed E-state index contributed by atoms with van der Waals surface area (Å²) < 4.78 is 0. The molecule has 5 saturated carbocycles. The summed E-state index contributed by atoms with van der Waals surface area (Å²) in [6.07, 6.45) is 10.5. The predicted molar refractivity (Wildman–Crippen MR) is 133 cm³/mol. The van der Waals surface area contributed by atoms with Gasteiger partial charge in [0.05, 0.1) is 11.5 Å². The van der Waals surface area contributed by atoms with Gasteiger partial charge in [0, 0.05) is 0 Å². The molecule has 3 heteroatoms. The van der Waals surface area contributed by atoms with E-state index in [1.807, 2.05) is 0 Å². The molecular formula is C30H48O3. The van der Waals surface area contributed by atoms with Crippen LogP contribution in [0.3, 0.4) is 0 Å².